The Morgan fingerprint density at radius 3 is 1.14 bits per heavy atom. The predicted molar refractivity (Wildman–Crippen MR) is 67.7 cm³/mol. The Labute approximate surface area is 91.3 Å². The lowest BCUT2D eigenvalue weighted by atomic mass is 9.79. The van der Waals surface area contributed by atoms with Crippen molar-refractivity contribution in [2.45, 2.75) is 82.9 Å². The van der Waals surface area contributed by atoms with Crippen molar-refractivity contribution in [1.82, 2.24) is 0 Å². The Bertz CT molecular complexity index is 108. The first kappa shape index (κ1) is 12.1. The van der Waals surface area contributed by atoms with Crippen LogP contribution in [0.3, 0.4) is 0 Å². The molecule has 0 saturated heterocycles. The largest absolute Gasteiger partial charge is 0.105 e. The zero-order valence-electron chi connectivity index (χ0n) is 10.1. The molecule has 0 spiro atoms. The highest BCUT2D eigenvalue weighted by molar-refractivity contribution is 6.11. The summed E-state index contributed by atoms with van der Waals surface area (Å²) in [5, 5.41) is 0. The molecule has 0 aromatic carbocycles. The van der Waals surface area contributed by atoms with Crippen molar-refractivity contribution >= 4 is 7.85 Å². The lowest BCUT2D eigenvalue weighted by Gasteiger charge is -2.09. The van der Waals surface area contributed by atoms with Crippen molar-refractivity contribution in [2.75, 3.05) is 0 Å². The molecule has 1 rings (SSSR count). The first-order valence-electron chi connectivity index (χ1n) is 6.89. The average Bonchev–Trinajstić information content (AvgIpc) is 2.20. The second-order valence-corrected chi connectivity index (χ2v) is 5.22. The van der Waals surface area contributed by atoms with Gasteiger partial charge in [0.2, 0.25) is 0 Å². The molecular weight excluding hydrogens is 167 g/mol. The maximum absolute atomic E-state index is 2.44. The molecule has 1 fully saturated rings. The molecule has 1 heteroatoms. The second kappa shape index (κ2) is 8.38. The third-order valence-corrected chi connectivity index (χ3v) is 3.64. The van der Waals surface area contributed by atoms with Crippen molar-refractivity contribution in [3.8, 4) is 0 Å². The van der Waals surface area contributed by atoms with Gasteiger partial charge in [-0.15, -0.1) is 0 Å². The van der Waals surface area contributed by atoms with Gasteiger partial charge in [-0.2, -0.15) is 0 Å². The summed E-state index contributed by atoms with van der Waals surface area (Å²) in [7, 11) is 2.44. The Morgan fingerprint density at radius 1 is 0.500 bits per heavy atom. The highest BCUT2D eigenvalue weighted by atomic mass is 14.1. The minimum absolute atomic E-state index is 0.996. The molecule has 0 unspecified atom stereocenters. The van der Waals surface area contributed by atoms with Crippen molar-refractivity contribution in [1.29, 1.82) is 0 Å². The second-order valence-electron chi connectivity index (χ2n) is 5.22. The van der Waals surface area contributed by atoms with Crippen LogP contribution in [0.2, 0.25) is 5.82 Å². The van der Waals surface area contributed by atoms with Gasteiger partial charge in [0.25, 0.3) is 0 Å². The number of hydrogen-bond acceptors (Lipinski definition) is 0. The molecule has 1 saturated carbocycles. The monoisotopic (exact) mass is 194 g/mol. The third-order valence-electron chi connectivity index (χ3n) is 3.64. The SMILES string of the molecule is BC1CCCCCCCCCCCC1. The summed E-state index contributed by atoms with van der Waals surface area (Å²) in [5.41, 5.74) is 0. The molecule has 0 amide bonds. The third kappa shape index (κ3) is 6.51. The van der Waals surface area contributed by atoms with Crippen molar-refractivity contribution in [3.05, 3.63) is 0 Å². The highest BCUT2D eigenvalue weighted by Gasteiger charge is 2.03. The predicted octanol–water partition coefficient (Wildman–Crippen LogP) is 4.10. The Morgan fingerprint density at radius 2 is 0.786 bits per heavy atom. The van der Waals surface area contributed by atoms with E-state index in [0.717, 1.165) is 5.82 Å². The zero-order valence-corrected chi connectivity index (χ0v) is 10.1. The molecule has 1 aliphatic carbocycles. The van der Waals surface area contributed by atoms with E-state index in [1.807, 2.05) is 0 Å². The van der Waals surface area contributed by atoms with Crippen LogP contribution in [0.5, 0.6) is 0 Å². The number of rotatable bonds is 0. The first-order valence-corrected chi connectivity index (χ1v) is 6.89. The zero-order chi connectivity index (χ0) is 10.1. The molecule has 0 aromatic rings. The van der Waals surface area contributed by atoms with E-state index in [9.17, 15) is 0 Å². The highest BCUT2D eigenvalue weighted by Crippen LogP contribution is 2.21. The van der Waals surface area contributed by atoms with E-state index in [0.29, 0.717) is 0 Å². The summed E-state index contributed by atoms with van der Waals surface area (Å²) in [5.74, 6) is 0.996. The minimum Gasteiger partial charge on any atom is -0.0697 e. The van der Waals surface area contributed by atoms with Gasteiger partial charge in [-0.3, -0.25) is 0 Å². The summed E-state index contributed by atoms with van der Waals surface area (Å²) >= 11 is 0. The quantitative estimate of drug-likeness (QED) is 0.509. The lowest BCUT2D eigenvalue weighted by molar-refractivity contribution is 0.562. The average molecular weight is 194 g/mol. The van der Waals surface area contributed by atoms with Crippen molar-refractivity contribution in [2.24, 2.45) is 0 Å². The van der Waals surface area contributed by atoms with Gasteiger partial charge in [0.1, 0.15) is 7.85 Å². The molecule has 0 heterocycles. The van der Waals surface area contributed by atoms with E-state index >= 15 is 0 Å². The summed E-state index contributed by atoms with van der Waals surface area (Å²) in [4.78, 5) is 0. The van der Waals surface area contributed by atoms with E-state index in [-0.39, 0.29) is 0 Å². The van der Waals surface area contributed by atoms with Crippen LogP contribution in [0.1, 0.15) is 77.0 Å². The van der Waals surface area contributed by atoms with Gasteiger partial charge in [-0.25, -0.2) is 0 Å². The van der Waals surface area contributed by atoms with Crippen LogP contribution in [0.15, 0.2) is 0 Å². The van der Waals surface area contributed by atoms with Crippen LogP contribution in [0, 0.1) is 0 Å². The lowest BCUT2D eigenvalue weighted by Crippen LogP contribution is -1.93. The van der Waals surface area contributed by atoms with E-state index in [1.165, 1.54) is 77.0 Å². The smallest absolute Gasteiger partial charge is 0.0697 e. The van der Waals surface area contributed by atoms with Crippen molar-refractivity contribution in [3.63, 3.8) is 0 Å². The first-order chi connectivity index (χ1) is 6.89. The summed E-state index contributed by atoms with van der Waals surface area (Å²) in [6, 6.07) is 0. The summed E-state index contributed by atoms with van der Waals surface area (Å²) in [6.07, 6.45) is 17.9. The summed E-state index contributed by atoms with van der Waals surface area (Å²) < 4.78 is 0. The molecule has 14 heavy (non-hydrogen) atoms. The van der Waals surface area contributed by atoms with Gasteiger partial charge in [-0.1, -0.05) is 82.9 Å². The van der Waals surface area contributed by atoms with Crippen molar-refractivity contribution < 1.29 is 0 Å². The standard InChI is InChI=1S/C13H27B/c14-13-11-9-7-5-3-1-2-4-6-8-10-12-13/h13H,1-12,14H2. The van der Waals surface area contributed by atoms with Crippen LogP contribution >= 0.6 is 0 Å². The normalized spacial score (nSPS) is 24.6. The van der Waals surface area contributed by atoms with E-state index in [1.54, 1.807) is 0 Å². The maximum atomic E-state index is 2.44. The fraction of sp³-hybridized carbons (Fsp3) is 1.00. The molecular formula is C13H27B. The van der Waals surface area contributed by atoms with E-state index in [4.69, 9.17) is 0 Å². The van der Waals surface area contributed by atoms with Gasteiger partial charge in [0, 0.05) is 0 Å². The molecule has 0 aromatic heterocycles. The van der Waals surface area contributed by atoms with Gasteiger partial charge in [-0.05, 0) is 0 Å². The minimum atomic E-state index is 0.996. The topological polar surface area (TPSA) is 0 Å². The Balaban J connectivity index is 2.12. The van der Waals surface area contributed by atoms with E-state index < -0.39 is 0 Å². The molecule has 0 N–H and O–H groups in total. The fourth-order valence-corrected chi connectivity index (χ4v) is 2.54. The molecule has 0 atom stereocenters. The number of hydrogen-bond donors (Lipinski definition) is 0. The Kier molecular flexibility index (Phi) is 7.26. The maximum Gasteiger partial charge on any atom is 0.105 e. The van der Waals surface area contributed by atoms with Gasteiger partial charge in [0.15, 0.2) is 0 Å². The molecule has 0 aliphatic heterocycles. The van der Waals surface area contributed by atoms with Gasteiger partial charge >= 0.3 is 0 Å². The van der Waals surface area contributed by atoms with Crippen LogP contribution in [-0.4, -0.2) is 7.85 Å². The fourth-order valence-electron chi connectivity index (χ4n) is 2.54. The van der Waals surface area contributed by atoms with Gasteiger partial charge in [0.05, 0.1) is 0 Å². The summed E-state index contributed by atoms with van der Waals surface area (Å²) in [6.45, 7) is 0. The molecule has 0 bridgehead atoms. The Hall–Kier alpha value is 0.0649. The van der Waals surface area contributed by atoms with Crippen LogP contribution in [-0.2, 0) is 0 Å². The van der Waals surface area contributed by atoms with Crippen LogP contribution in [0.25, 0.3) is 0 Å². The van der Waals surface area contributed by atoms with E-state index in [2.05, 4.69) is 7.85 Å². The molecule has 82 valence electrons. The van der Waals surface area contributed by atoms with Crippen LogP contribution < -0.4 is 0 Å². The van der Waals surface area contributed by atoms with Gasteiger partial charge < -0.3 is 0 Å². The molecule has 1 aliphatic rings. The van der Waals surface area contributed by atoms with Crippen LogP contribution in [0.4, 0.5) is 0 Å². The molecule has 0 nitrogen and oxygen atoms in total. The molecule has 0 radical (unpaired) electrons.